The van der Waals surface area contributed by atoms with E-state index in [-0.39, 0.29) is 11.7 Å². The van der Waals surface area contributed by atoms with E-state index >= 15 is 0 Å². The maximum absolute atomic E-state index is 13.0. The Morgan fingerprint density at radius 1 is 0.964 bits per heavy atom. The lowest BCUT2D eigenvalue weighted by Crippen LogP contribution is -2.42. The average Bonchev–Trinajstić information content (AvgIpc) is 3.14. The van der Waals surface area contributed by atoms with E-state index in [0.717, 1.165) is 12.0 Å². The third-order valence-electron chi connectivity index (χ3n) is 4.92. The fourth-order valence-corrected chi connectivity index (χ4v) is 3.37. The number of fused-ring (bicyclic) bond motifs is 1. The van der Waals surface area contributed by atoms with Crippen LogP contribution in [0.25, 0.3) is 0 Å². The molecule has 0 radical (unpaired) electrons. The van der Waals surface area contributed by atoms with Gasteiger partial charge in [0.05, 0.1) is 6.54 Å². The van der Waals surface area contributed by atoms with Gasteiger partial charge in [0.15, 0.2) is 5.69 Å². The molecule has 0 saturated heterocycles. The van der Waals surface area contributed by atoms with Gasteiger partial charge in [-0.15, -0.1) is 5.10 Å². The Hall–Kier alpha value is -3.06. The van der Waals surface area contributed by atoms with Crippen molar-refractivity contribution in [1.82, 2.24) is 25.2 Å². The highest BCUT2D eigenvalue weighted by atomic mass is 19.1. The summed E-state index contributed by atoms with van der Waals surface area (Å²) in [4.78, 5) is 14.8. The number of hydrogen-bond donors (Lipinski definition) is 1. The van der Waals surface area contributed by atoms with Crippen molar-refractivity contribution in [3.05, 3.63) is 82.9 Å². The van der Waals surface area contributed by atoms with E-state index in [1.54, 1.807) is 16.8 Å². The van der Waals surface area contributed by atoms with Crippen molar-refractivity contribution in [2.75, 3.05) is 13.1 Å². The van der Waals surface area contributed by atoms with Gasteiger partial charge in [-0.05, 0) is 29.7 Å². The normalized spacial score (nSPS) is 13.6. The molecule has 1 amide bonds. The predicted molar refractivity (Wildman–Crippen MR) is 103 cm³/mol. The zero-order valence-electron chi connectivity index (χ0n) is 15.5. The standard InChI is InChI=1S/C21H22FN5O/c22-18-8-6-17(7-9-18)14-23-15-19-20-21(28)26(12-13-27(20)25-24-19)11-10-16-4-2-1-3-5-16/h1-9,23H,10-15H2. The number of benzene rings is 2. The molecule has 1 N–H and O–H groups in total. The molecule has 0 fully saturated rings. The first-order chi connectivity index (χ1) is 13.7. The largest absolute Gasteiger partial charge is 0.335 e. The molecule has 0 atom stereocenters. The molecule has 2 heterocycles. The van der Waals surface area contributed by atoms with Gasteiger partial charge in [-0.3, -0.25) is 4.79 Å². The number of nitrogens with one attached hydrogen (secondary N) is 1. The molecule has 3 aromatic rings. The second kappa shape index (κ2) is 8.31. The number of aromatic nitrogens is 3. The monoisotopic (exact) mass is 379 g/mol. The van der Waals surface area contributed by atoms with Crippen LogP contribution >= 0.6 is 0 Å². The van der Waals surface area contributed by atoms with Crippen molar-refractivity contribution in [2.24, 2.45) is 0 Å². The molecule has 7 heteroatoms. The lowest BCUT2D eigenvalue weighted by atomic mass is 10.1. The number of hydrogen-bond acceptors (Lipinski definition) is 4. The lowest BCUT2D eigenvalue weighted by molar-refractivity contribution is 0.0698. The fourth-order valence-electron chi connectivity index (χ4n) is 3.37. The van der Waals surface area contributed by atoms with Crippen LogP contribution in [-0.2, 0) is 26.1 Å². The van der Waals surface area contributed by atoms with Gasteiger partial charge in [-0.2, -0.15) is 0 Å². The summed E-state index contributed by atoms with van der Waals surface area (Å²) in [7, 11) is 0. The zero-order chi connectivity index (χ0) is 19.3. The molecule has 4 rings (SSSR count). The smallest absolute Gasteiger partial charge is 0.274 e. The van der Waals surface area contributed by atoms with Crippen LogP contribution in [0.5, 0.6) is 0 Å². The molecular formula is C21H22FN5O. The van der Waals surface area contributed by atoms with Gasteiger partial charge >= 0.3 is 0 Å². The topological polar surface area (TPSA) is 63.1 Å². The van der Waals surface area contributed by atoms with Crippen LogP contribution in [0.15, 0.2) is 54.6 Å². The van der Waals surface area contributed by atoms with Crippen LogP contribution in [0.4, 0.5) is 4.39 Å². The molecule has 144 valence electrons. The minimum atomic E-state index is -0.252. The van der Waals surface area contributed by atoms with Crippen LogP contribution in [-0.4, -0.2) is 38.9 Å². The van der Waals surface area contributed by atoms with Gasteiger partial charge < -0.3 is 10.2 Å². The van der Waals surface area contributed by atoms with E-state index in [9.17, 15) is 9.18 Å². The van der Waals surface area contributed by atoms with Gasteiger partial charge in [-0.25, -0.2) is 9.07 Å². The van der Waals surface area contributed by atoms with E-state index < -0.39 is 0 Å². The Labute approximate surface area is 163 Å². The molecule has 0 aliphatic carbocycles. The first-order valence-corrected chi connectivity index (χ1v) is 9.41. The fraction of sp³-hybridized carbons (Fsp3) is 0.286. The number of halogens is 1. The minimum Gasteiger partial charge on any atom is -0.335 e. The molecule has 1 aliphatic rings. The minimum absolute atomic E-state index is 0.0224. The second-order valence-electron chi connectivity index (χ2n) is 6.87. The Balaban J connectivity index is 1.37. The highest BCUT2D eigenvalue weighted by Gasteiger charge is 2.29. The van der Waals surface area contributed by atoms with E-state index in [4.69, 9.17) is 0 Å². The maximum atomic E-state index is 13.0. The molecule has 28 heavy (non-hydrogen) atoms. The number of carbonyl (C=O) groups is 1. The summed E-state index contributed by atoms with van der Waals surface area (Å²) < 4.78 is 14.7. The molecule has 0 bridgehead atoms. The number of nitrogens with zero attached hydrogens (tertiary/aromatic N) is 4. The van der Waals surface area contributed by atoms with Gasteiger partial charge in [0.1, 0.15) is 11.5 Å². The molecule has 1 aromatic heterocycles. The van der Waals surface area contributed by atoms with Gasteiger partial charge in [0, 0.05) is 26.2 Å². The molecule has 1 aliphatic heterocycles. The van der Waals surface area contributed by atoms with Crippen molar-refractivity contribution < 1.29 is 9.18 Å². The summed E-state index contributed by atoms with van der Waals surface area (Å²) in [6.07, 6.45) is 0.826. The number of carbonyl (C=O) groups excluding carboxylic acids is 1. The van der Waals surface area contributed by atoms with Crippen LogP contribution in [0.2, 0.25) is 0 Å². The summed E-state index contributed by atoms with van der Waals surface area (Å²) >= 11 is 0. The van der Waals surface area contributed by atoms with Crippen molar-refractivity contribution in [2.45, 2.75) is 26.1 Å². The quantitative estimate of drug-likeness (QED) is 0.685. The second-order valence-corrected chi connectivity index (χ2v) is 6.87. The summed E-state index contributed by atoms with van der Waals surface area (Å²) in [6, 6.07) is 16.5. The van der Waals surface area contributed by atoms with E-state index in [1.807, 2.05) is 23.1 Å². The molecule has 6 nitrogen and oxygen atoms in total. The Morgan fingerprint density at radius 2 is 1.75 bits per heavy atom. The molecule has 0 spiro atoms. The van der Waals surface area contributed by atoms with E-state index in [1.165, 1.54) is 17.7 Å². The third kappa shape index (κ3) is 4.09. The third-order valence-corrected chi connectivity index (χ3v) is 4.92. The van der Waals surface area contributed by atoms with Crippen molar-refractivity contribution in [3.8, 4) is 0 Å². The Morgan fingerprint density at radius 3 is 2.54 bits per heavy atom. The van der Waals surface area contributed by atoms with E-state index in [0.29, 0.717) is 44.1 Å². The van der Waals surface area contributed by atoms with Crippen LogP contribution in [0.1, 0.15) is 27.3 Å². The first kappa shape index (κ1) is 18.3. The zero-order valence-corrected chi connectivity index (χ0v) is 15.5. The van der Waals surface area contributed by atoms with Crippen LogP contribution in [0.3, 0.4) is 0 Å². The predicted octanol–water partition coefficient (Wildman–Crippen LogP) is 2.41. The summed E-state index contributed by atoms with van der Waals surface area (Å²) in [6.45, 7) is 2.98. The molecule has 0 saturated carbocycles. The lowest BCUT2D eigenvalue weighted by Gasteiger charge is -2.27. The van der Waals surface area contributed by atoms with Gasteiger partial charge in [-0.1, -0.05) is 47.7 Å². The van der Waals surface area contributed by atoms with Crippen molar-refractivity contribution in [3.63, 3.8) is 0 Å². The summed E-state index contributed by atoms with van der Waals surface area (Å²) in [5.41, 5.74) is 3.40. The SMILES string of the molecule is O=C1c2c(CNCc3ccc(F)cc3)nnn2CCN1CCc1ccccc1. The van der Waals surface area contributed by atoms with Crippen molar-refractivity contribution >= 4 is 5.91 Å². The van der Waals surface area contributed by atoms with Gasteiger partial charge in [0.2, 0.25) is 0 Å². The van der Waals surface area contributed by atoms with Crippen molar-refractivity contribution in [1.29, 1.82) is 0 Å². The molecular weight excluding hydrogens is 357 g/mol. The molecule has 0 unspecified atom stereocenters. The van der Waals surface area contributed by atoms with Crippen LogP contribution < -0.4 is 5.32 Å². The average molecular weight is 379 g/mol. The van der Waals surface area contributed by atoms with Crippen LogP contribution in [0, 0.1) is 5.82 Å². The van der Waals surface area contributed by atoms with Gasteiger partial charge in [0.25, 0.3) is 5.91 Å². The Bertz CT molecular complexity index is 939. The van der Waals surface area contributed by atoms with E-state index in [2.05, 4.69) is 27.8 Å². The number of rotatable bonds is 7. The summed E-state index contributed by atoms with van der Waals surface area (Å²) in [5.74, 6) is -0.275. The Kier molecular flexibility index (Phi) is 5.43. The molecule has 2 aromatic carbocycles. The highest BCUT2D eigenvalue weighted by molar-refractivity contribution is 5.94. The number of amides is 1. The first-order valence-electron chi connectivity index (χ1n) is 9.41. The highest BCUT2D eigenvalue weighted by Crippen LogP contribution is 2.16. The maximum Gasteiger partial charge on any atom is 0.274 e. The summed E-state index contributed by atoms with van der Waals surface area (Å²) in [5, 5.41) is 11.6.